The molecule has 6 rings (SSSR count). The van der Waals surface area contributed by atoms with Gasteiger partial charge in [-0.15, -0.1) is 0 Å². The summed E-state index contributed by atoms with van der Waals surface area (Å²) in [6, 6.07) is 14.0. The van der Waals surface area contributed by atoms with Crippen molar-refractivity contribution in [3.05, 3.63) is 112 Å². The van der Waals surface area contributed by atoms with Gasteiger partial charge in [-0.3, -0.25) is 0 Å². The molecule has 1 aliphatic rings. The molecule has 11 heteroatoms. The van der Waals surface area contributed by atoms with Crippen molar-refractivity contribution in [1.82, 2.24) is 14.5 Å². The fraction of sp³-hybridized carbons (Fsp3) is 0.194. The number of halogens is 4. The summed E-state index contributed by atoms with van der Waals surface area (Å²) in [6.07, 6.45) is 2.14. The molecule has 0 saturated carbocycles. The van der Waals surface area contributed by atoms with Crippen LogP contribution in [0.2, 0.25) is 5.02 Å². The van der Waals surface area contributed by atoms with Gasteiger partial charge in [-0.2, -0.15) is 0 Å². The molecule has 2 aromatic heterocycles. The summed E-state index contributed by atoms with van der Waals surface area (Å²) in [6.45, 7) is 0.838. The SMILES string of the molecule is O=C(O)c1ccc2nc(Cc3cc(F)c(-c4cccnc4OCc4ccc(Cl)cc4F)cc3F)n(C[C@@H]3CCO3)c2c1. The Hall–Kier alpha value is -4.41. The highest BCUT2D eigenvalue weighted by molar-refractivity contribution is 6.30. The van der Waals surface area contributed by atoms with Crippen molar-refractivity contribution in [2.45, 2.75) is 32.1 Å². The number of rotatable bonds is 9. The predicted octanol–water partition coefficient (Wildman–Crippen LogP) is 6.83. The normalized spacial score (nSPS) is 14.6. The molecule has 0 amide bonds. The van der Waals surface area contributed by atoms with E-state index in [2.05, 4.69) is 9.97 Å². The van der Waals surface area contributed by atoms with Gasteiger partial charge in [0.15, 0.2) is 0 Å². The fourth-order valence-corrected chi connectivity index (χ4v) is 5.03. The number of hydrogen-bond acceptors (Lipinski definition) is 5. The molecule has 1 fully saturated rings. The summed E-state index contributed by atoms with van der Waals surface area (Å²) in [5.41, 5.74) is 1.63. The number of ether oxygens (including phenoxy) is 2. The lowest BCUT2D eigenvalue weighted by Crippen LogP contribution is -2.31. The number of nitrogens with zero attached hydrogens (tertiary/aromatic N) is 3. The highest BCUT2D eigenvalue weighted by Crippen LogP contribution is 2.33. The first-order valence-corrected chi connectivity index (χ1v) is 13.5. The second-order valence-corrected chi connectivity index (χ2v) is 10.3. The molecule has 1 atom stereocenters. The Morgan fingerprint density at radius 2 is 1.83 bits per heavy atom. The van der Waals surface area contributed by atoms with Crippen molar-refractivity contribution >= 4 is 28.6 Å². The Labute approximate surface area is 243 Å². The standard InChI is InChI=1S/C31H23ClF3N3O4/c32-20-5-3-18(24(33)13-20)16-42-30-22(2-1-8-36-30)23-14-25(34)19(10-26(23)35)12-29-37-27-6-4-17(31(39)40)11-28(27)38(29)15-21-7-9-41-21/h1-6,8,10-11,13-14,21H,7,9,12,15-16H2,(H,39,40)/t21-/m0/s1. The number of imidazole rings is 1. The van der Waals surface area contributed by atoms with Gasteiger partial charge in [-0.05, 0) is 66.6 Å². The van der Waals surface area contributed by atoms with Crippen molar-refractivity contribution in [3.63, 3.8) is 0 Å². The number of aromatic nitrogens is 3. The van der Waals surface area contributed by atoms with Gasteiger partial charge >= 0.3 is 5.97 Å². The number of benzene rings is 3. The van der Waals surface area contributed by atoms with Gasteiger partial charge in [-0.25, -0.2) is 27.9 Å². The summed E-state index contributed by atoms with van der Waals surface area (Å²) in [5, 5.41) is 9.70. The van der Waals surface area contributed by atoms with Gasteiger partial charge < -0.3 is 19.1 Å². The smallest absolute Gasteiger partial charge is 0.335 e. The molecule has 214 valence electrons. The number of hydrogen-bond donors (Lipinski definition) is 1. The average molecular weight is 594 g/mol. The van der Waals surface area contributed by atoms with Crippen LogP contribution in [-0.4, -0.2) is 38.3 Å². The largest absolute Gasteiger partial charge is 0.478 e. The van der Waals surface area contributed by atoms with Crippen LogP contribution in [0.4, 0.5) is 13.2 Å². The summed E-state index contributed by atoms with van der Waals surface area (Å²) in [4.78, 5) is 20.3. The van der Waals surface area contributed by atoms with Crippen LogP contribution in [-0.2, 0) is 24.3 Å². The number of carboxylic acids is 1. The third-order valence-corrected chi connectivity index (χ3v) is 7.41. The van der Waals surface area contributed by atoms with Crippen LogP contribution in [0.5, 0.6) is 5.88 Å². The summed E-state index contributed by atoms with van der Waals surface area (Å²) in [7, 11) is 0. The van der Waals surface area contributed by atoms with Crippen LogP contribution in [0.25, 0.3) is 22.2 Å². The van der Waals surface area contributed by atoms with Crippen molar-refractivity contribution < 1.29 is 32.5 Å². The Morgan fingerprint density at radius 3 is 2.57 bits per heavy atom. The number of aromatic carboxylic acids is 1. The topological polar surface area (TPSA) is 86.5 Å². The molecule has 0 spiro atoms. The highest BCUT2D eigenvalue weighted by Gasteiger charge is 2.24. The van der Waals surface area contributed by atoms with Crippen molar-refractivity contribution in [2.24, 2.45) is 0 Å². The highest BCUT2D eigenvalue weighted by atomic mass is 35.5. The third-order valence-electron chi connectivity index (χ3n) is 7.18. The van der Waals surface area contributed by atoms with Gasteiger partial charge in [0.25, 0.3) is 0 Å². The van der Waals surface area contributed by atoms with E-state index in [-0.39, 0.29) is 57.9 Å². The second kappa shape index (κ2) is 11.5. The predicted molar refractivity (Wildman–Crippen MR) is 149 cm³/mol. The van der Waals surface area contributed by atoms with Gasteiger partial charge in [0.2, 0.25) is 5.88 Å². The first-order valence-electron chi connectivity index (χ1n) is 13.1. The van der Waals surface area contributed by atoms with E-state index in [0.717, 1.165) is 24.6 Å². The molecule has 3 heterocycles. The molecule has 0 bridgehead atoms. The van der Waals surface area contributed by atoms with E-state index < -0.39 is 23.4 Å². The van der Waals surface area contributed by atoms with E-state index in [4.69, 9.17) is 21.1 Å². The van der Waals surface area contributed by atoms with E-state index in [9.17, 15) is 14.3 Å². The molecular weight excluding hydrogens is 571 g/mol. The minimum Gasteiger partial charge on any atom is -0.478 e. The van der Waals surface area contributed by atoms with Crippen molar-refractivity contribution in [1.29, 1.82) is 0 Å². The molecule has 1 N–H and O–H groups in total. The fourth-order valence-electron chi connectivity index (χ4n) is 4.87. The lowest BCUT2D eigenvalue weighted by atomic mass is 10.0. The quantitative estimate of drug-likeness (QED) is 0.202. The molecule has 1 saturated heterocycles. The van der Waals surface area contributed by atoms with Gasteiger partial charge in [0, 0.05) is 40.9 Å². The zero-order chi connectivity index (χ0) is 29.4. The lowest BCUT2D eigenvalue weighted by Gasteiger charge is -2.27. The maximum atomic E-state index is 15.6. The summed E-state index contributed by atoms with van der Waals surface area (Å²) in [5.74, 6) is -2.56. The van der Waals surface area contributed by atoms with Gasteiger partial charge in [0.1, 0.15) is 29.9 Å². The van der Waals surface area contributed by atoms with Gasteiger partial charge in [0.05, 0.1) is 29.2 Å². The van der Waals surface area contributed by atoms with Crippen LogP contribution >= 0.6 is 11.6 Å². The van der Waals surface area contributed by atoms with Crippen molar-refractivity contribution in [3.8, 4) is 17.0 Å². The Morgan fingerprint density at radius 1 is 1.02 bits per heavy atom. The summed E-state index contributed by atoms with van der Waals surface area (Å²) < 4.78 is 58.4. The van der Waals surface area contributed by atoms with Crippen molar-refractivity contribution in [2.75, 3.05) is 6.61 Å². The van der Waals surface area contributed by atoms with E-state index in [1.807, 2.05) is 0 Å². The van der Waals surface area contributed by atoms with E-state index in [0.29, 0.717) is 30.0 Å². The first kappa shape index (κ1) is 27.7. The first-order chi connectivity index (χ1) is 20.3. The molecule has 1 aliphatic heterocycles. The molecule has 5 aromatic rings. The molecule has 0 aliphatic carbocycles. The van der Waals surface area contributed by atoms with Crippen LogP contribution in [0.3, 0.4) is 0 Å². The molecule has 7 nitrogen and oxygen atoms in total. The second-order valence-electron chi connectivity index (χ2n) is 9.91. The number of carboxylic acid groups (broad SMARTS) is 1. The molecule has 3 aromatic carbocycles. The minimum atomic E-state index is -1.08. The Bertz CT molecular complexity index is 1820. The molecule has 42 heavy (non-hydrogen) atoms. The van der Waals surface area contributed by atoms with Crippen LogP contribution < -0.4 is 4.74 Å². The maximum Gasteiger partial charge on any atom is 0.335 e. The van der Waals surface area contributed by atoms with Crippen LogP contribution in [0.1, 0.15) is 33.7 Å². The zero-order valence-corrected chi connectivity index (χ0v) is 22.7. The van der Waals surface area contributed by atoms with Crippen LogP contribution in [0, 0.1) is 17.5 Å². The monoisotopic (exact) mass is 593 g/mol. The van der Waals surface area contributed by atoms with E-state index in [1.54, 1.807) is 16.7 Å². The minimum absolute atomic E-state index is 0.00873. The maximum absolute atomic E-state index is 15.6. The number of carbonyl (C=O) groups is 1. The molecular formula is C31H23ClF3N3O4. The third kappa shape index (κ3) is 5.55. The molecule has 0 radical (unpaired) electrons. The molecule has 0 unspecified atom stereocenters. The van der Waals surface area contributed by atoms with E-state index >= 15 is 8.78 Å². The van der Waals surface area contributed by atoms with Crippen LogP contribution in [0.15, 0.2) is 66.9 Å². The Balaban J connectivity index is 1.31. The lowest BCUT2D eigenvalue weighted by molar-refractivity contribution is -0.0589. The summed E-state index contributed by atoms with van der Waals surface area (Å²) >= 11 is 5.81. The van der Waals surface area contributed by atoms with E-state index in [1.165, 1.54) is 36.5 Å². The Kier molecular flexibility index (Phi) is 7.57. The number of pyridine rings is 1. The zero-order valence-electron chi connectivity index (χ0n) is 22.0. The number of fused-ring (bicyclic) bond motifs is 1. The van der Waals surface area contributed by atoms with Gasteiger partial charge in [-0.1, -0.05) is 17.7 Å². The average Bonchev–Trinajstić information content (AvgIpc) is 3.28.